The number of ether oxygens (including phenoxy) is 1. The van der Waals surface area contributed by atoms with Crippen LogP contribution in [0.4, 0.5) is 0 Å². The predicted molar refractivity (Wildman–Crippen MR) is 159 cm³/mol. The number of carbonyl (C=O) groups is 2. The molecule has 9 heteroatoms. The van der Waals surface area contributed by atoms with E-state index >= 15 is 0 Å². The van der Waals surface area contributed by atoms with Crippen LogP contribution in [-0.4, -0.2) is 56.0 Å². The second-order valence-corrected chi connectivity index (χ2v) is 10.8. The smallest absolute Gasteiger partial charge is 0.223 e. The number of carbonyl (C=O) groups excluding carboxylic acids is 2. The van der Waals surface area contributed by atoms with Crippen molar-refractivity contribution in [2.45, 2.75) is 58.0 Å². The van der Waals surface area contributed by atoms with Crippen LogP contribution < -0.4 is 4.74 Å². The van der Waals surface area contributed by atoms with E-state index in [0.29, 0.717) is 41.1 Å². The van der Waals surface area contributed by atoms with Crippen LogP contribution in [0.5, 0.6) is 5.75 Å². The monoisotopic (exact) mass is 571 g/mol. The van der Waals surface area contributed by atoms with E-state index in [-0.39, 0.29) is 30.6 Å². The second-order valence-electron chi connectivity index (χ2n) is 10.4. The number of halogens is 1. The van der Waals surface area contributed by atoms with Crippen LogP contribution in [0.25, 0.3) is 22.8 Å². The maximum Gasteiger partial charge on any atom is 0.223 e. The van der Waals surface area contributed by atoms with Gasteiger partial charge >= 0.3 is 0 Å². The van der Waals surface area contributed by atoms with Crippen LogP contribution in [0, 0.1) is 6.92 Å². The molecule has 5 rings (SSSR count). The largest absolute Gasteiger partial charge is 0.495 e. The van der Waals surface area contributed by atoms with E-state index in [1.54, 1.807) is 19.5 Å². The molecule has 0 N–H and O–H groups in total. The number of rotatable bonds is 11. The molecule has 1 aliphatic carbocycles. The molecule has 1 fully saturated rings. The molecule has 41 heavy (non-hydrogen) atoms. The lowest BCUT2D eigenvalue weighted by atomic mass is 10.0. The summed E-state index contributed by atoms with van der Waals surface area (Å²) in [5.41, 5.74) is 3.38. The lowest BCUT2D eigenvalue weighted by molar-refractivity contribution is -0.133. The maximum atomic E-state index is 13.5. The van der Waals surface area contributed by atoms with Gasteiger partial charge in [-0.05, 0) is 50.1 Å². The zero-order valence-electron chi connectivity index (χ0n) is 23.4. The Kier molecular flexibility index (Phi) is 9.09. The van der Waals surface area contributed by atoms with Crippen LogP contribution in [-0.2, 0) is 11.3 Å². The molecule has 0 saturated heterocycles. The molecule has 1 saturated carbocycles. The molecule has 0 atom stereocenters. The Balaban J connectivity index is 1.37. The SMILES string of the molecule is COc1ccc(-c2nc(-c3ccncc3)nn2CCN(C(=O)CCC(=O)c2ccc(C)cc2)C2CCCC2)cc1Cl. The third-order valence-electron chi connectivity index (χ3n) is 7.60. The number of methoxy groups -OCH3 is 1. The average Bonchev–Trinajstić information content (AvgIpc) is 3.68. The van der Waals surface area contributed by atoms with Crippen molar-refractivity contribution in [1.82, 2.24) is 24.6 Å². The second kappa shape index (κ2) is 13.1. The van der Waals surface area contributed by atoms with Gasteiger partial charge in [-0.15, -0.1) is 0 Å². The number of hydrogen-bond donors (Lipinski definition) is 0. The van der Waals surface area contributed by atoms with Gasteiger partial charge in [0.25, 0.3) is 0 Å². The zero-order valence-corrected chi connectivity index (χ0v) is 24.2. The van der Waals surface area contributed by atoms with Gasteiger partial charge in [0.15, 0.2) is 17.4 Å². The summed E-state index contributed by atoms with van der Waals surface area (Å²) < 4.78 is 7.16. The number of hydrogen-bond acceptors (Lipinski definition) is 6. The van der Waals surface area contributed by atoms with Crippen LogP contribution in [0.1, 0.15) is 54.4 Å². The highest BCUT2D eigenvalue weighted by Gasteiger charge is 2.27. The van der Waals surface area contributed by atoms with E-state index in [2.05, 4.69) is 4.98 Å². The van der Waals surface area contributed by atoms with E-state index in [4.69, 9.17) is 26.4 Å². The van der Waals surface area contributed by atoms with Crippen LogP contribution in [0.2, 0.25) is 5.02 Å². The number of aromatic nitrogens is 4. The van der Waals surface area contributed by atoms with Crippen molar-refractivity contribution in [3.05, 3.63) is 83.1 Å². The normalized spacial score (nSPS) is 13.3. The molecule has 0 spiro atoms. The number of ketones is 1. The quantitative estimate of drug-likeness (QED) is 0.193. The van der Waals surface area contributed by atoms with Crippen molar-refractivity contribution in [3.63, 3.8) is 0 Å². The molecule has 2 aromatic carbocycles. The first-order chi connectivity index (χ1) is 19.9. The lowest BCUT2D eigenvalue weighted by Crippen LogP contribution is -2.41. The Morgan fingerprint density at radius 1 is 1.00 bits per heavy atom. The highest BCUT2D eigenvalue weighted by molar-refractivity contribution is 6.32. The lowest BCUT2D eigenvalue weighted by Gasteiger charge is -2.29. The van der Waals surface area contributed by atoms with E-state index in [1.807, 2.05) is 71.1 Å². The molecular formula is C32H34ClN5O3. The number of nitrogens with zero attached hydrogens (tertiary/aromatic N) is 5. The standard InChI is InChI=1S/C32H34ClN5O3/c1-22-7-9-23(10-8-22)28(39)12-14-30(40)37(26-5-3-4-6-26)19-20-38-32(25-11-13-29(41-2)27(33)21-25)35-31(36-38)24-15-17-34-18-16-24/h7-11,13,15-18,21,26H,3-6,12,14,19-20H2,1-2H3. The van der Waals surface area contributed by atoms with E-state index in [0.717, 1.165) is 42.4 Å². The molecule has 2 aromatic heterocycles. The Hall–Kier alpha value is -4.04. The Bertz CT molecular complexity index is 1500. The molecule has 1 amide bonds. The molecule has 0 aliphatic heterocycles. The van der Waals surface area contributed by atoms with Gasteiger partial charge in [0.1, 0.15) is 5.75 Å². The van der Waals surface area contributed by atoms with Gasteiger partial charge < -0.3 is 9.64 Å². The maximum absolute atomic E-state index is 13.5. The summed E-state index contributed by atoms with van der Waals surface area (Å²) in [4.78, 5) is 37.2. The predicted octanol–water partition coefficient (Wildman–Crippen LogP) is 6.41. The van der Waals surface area contributed by atoms with Gasteiger partial charge in [-0.1, -0.05) is 54.3 Å². The summed E-state index contributed by atoms with van der Waals surface area (Å²) in [6.45, 7) is 2.91. The number of amides is 1. The Labute approximate surface area is 245 Å². The van der Waals surface area contributed by atoms with Crippen LogP contribution >= 0.6 is 11.6 Å². The fraction of sp³-hybridized carbons (Fsp3) is 0.344. The van der Waals surface area contributed by atoms with Gasteiger partial charge in [-0.2, -0.15) is 5.10 Å². The third-order valence-corrected chi connectivity index (χ3v) is 7.89. The topological polar surface area (TPSA) is 90.2 Å². The molecular weight excluding hydrogens is 538 g/mol. The minimum atomic E-state index is -0.0124. The molecule has 0 unspecified atom stereocenters. The Morgan fingerprint density at radius 2 is 1.73 bits per heavy atom. The fourth-order valence-corrected chi connectivity index (χ4v) is 5.58. The number of pyridine rings is 1. The van der Waals surface area contributed by atoms with Crippen molar-refractivity contribution < 1.29 is 14.3 Å². The molecule has 2 heterocycles. The molecule has 0 radical (unpaired) electrons. The molecule has 1 aliphatic rings. The minimum absolute atomic E-state index is 0.000811. The summed E-state index contributed by atoms with van der Waals surface area (Å²) in [5, 5.41) is 5.30. The first-order valence-electron chi connectivity index (χ1n) is 14.0. The van der Waals surface area contributed by atoms with Crippen molar-refractivity contribution in [1.29, 1.82) is 0 Å². The van der Waals surface area contributed by atoms with Gasteiger partial charge in [-0.25, -0.2) is 9.67 Å². The van der Waals surface area contributed by atoms with E-state index in [1.165, 1.54) is 0 Å². The van der Waals surface area contributed by atoms with Crippen molar-refractivity contribution >= 4 is 23.3 Å². The van der Waals surface area contributed by atoms with Gasteiger partial charge in [-0.3, -0.25) is 14.6 Å². The number of Topliss-reactive ketones (excluding diaryl/α,β-unsaturated/α-hetero) is 1. The van der Waals surface area contributed by atoms with Crippen molar-refractivity contribution in [3.8, 4) is 28.5 Å². The van der Waals surface area contributed by atoms with Crippen LogP contribution in [0.3, 0.4) is 0 Å². The number of benzene rings is 2. The van der Waals surface area contributed by atoms with Crippen LogP contribution in [0.15, 0.2) is 67.0 Å². The summed E-state index contributed by atoms with van der Waals surface area (Å²) in [6.07, 6.45) is 7.93. The summed E-state index contributed by atoms with van der Waals surface area (Å²) >= 11 is 6.45. The summed E-state index contributed by atoms with van der Waals surface area (Å²) in [7, 11) is 1.58. The van der Waals surface area contributed by atoms with Gasteiger partial charge in [0, 0.05) is 54.5 Å². The minimum Gasteiger partial charge on any atom is -0.495 e. The first-order valence-corrected chi connectivity index (χ1v) is 14.4. The first kappa shape index (κ1) is 28.5. The zero-order chi connectivity index (χ0) is 28.8. The highest BCUT2D eigenvalue weighted by Crippen LogP contribution is 2.31. The summed E-state index contributed by atoms with van der Waals surface area (Å²) in [6, 6.07) is 16.9. The molecule has 8 nitrogen and oxygen atoms in total. The molecule has 4 aromatic rings. The van der Waals surface area contributed by atoms with Gasteiger partial charge in [0.05, 0.1) is 18.7 Å². The van der Waals surface area contributed by atoms with E-state index in [9.17, 15) is 9.59 Å². The molecule has 0 bridgehead atoms. The van der Waals surface area contributed by atoms with E-state index < -0.39 is 0 Å². The fourth-order valence-electron chi connectivity index (χ4n) is 5.32. The van der Waals surface area contributed by atoms with Crippen molar-refractivity contribution in [2.24, 2.45) is 0 Å². The van der Waals surface area contributed by atoms with Gasteiger partial charge in [0.2, 0.25) is 5.91 Å². The highest BCUT2D eigenvalue weighted by atomic mass is 35.5. The third kappa shape index (κ3) is 6.82. The molecule has 212 valence electrons. The number of aryl methyl sites for hydroxylation is 1. The summed E-state index contributed by atoms with van der Waals surface area (Å²) in [5.74, 6) is 1.78. The Morgan fingerprint density at radius 3 is 2.41 bits per heavy atom. The average molecular weight is 572 g/mol. The van der Waals surface area contributed by atoms with Crippen molar-refractivity contribution in [2.75, 3.05) is 13.7 Å².